The van der Waals surface area contributed by atoms with Crippen molar-refractivity contribution < 1.29 is 13.9 Å². The number of anilines is 1. The zero-order valence-electron chi connectivity index (χ0n) is 16.3. The minimum atomic E-state index is -0.0640. The summed E-state index contributed by atoms with van der Waals surface area (Å²) in [5.74, 6) is 1.89. The maximum atomic E-state index is 12.3. The molecule has 2 aliphatic heterocycles. The van der Waals surface area contributed by atoms with E-state index in [1.807, 2.05) is 29.2 Å². The molecule has 6 nitrogen and oxygen atoms in total. The molecule has 0 saturated carbocycles. The second-order valence-electron chi connectivity index (χ2n) is 7.34. The first-order valence-electron chi connectivity index (χ1n) is 10.2. The molecule has 150 valence electrons. The topological polar surface area (TPSA) is 55.2 Å². The Bertz CT molecular complexity index is 823. The molecule has 1 aromatic heterocycles. The molecule has 0 bridgehead atoms. The van der Waals surface area contributed by atoms with Crippen LogP contribution in [0.4, 0.5) is 5.88 Å². The van der Waals surface area contributed by atoms with Gasteiger partial charge in [0.25, 0.3) is 0 Å². The van der Waals surface area contributed by atoms with Gasteiger partial charge in [0.15, 0.2) is 11.3 Å². The van der Waals surface area contributed by atoms with Crippen molar-refractivity contribution in [3.63, 3.8) is 0 Å². The Morgan fingerprint density at radius 3 is 2.57 bits per heavy atom. The van der Waals surface area contributed by atoms with Crippen LogP contribution in [-0.4, -0.2) is 57.4 Å². The van der Waals surface area contributed by atoms with E-state index in [1.165, 1.54) is 25.3 Å². The zero-order chi connectivity index (χ0) is 19.2. The van der Waals surface area contributed by atoms with Crippen molar-refractivity contribution in [2.45, 2.75) is 19.3 Å². The maximum absolute atomic E-state index is 12.3. The van der Waals surface area contributed by atoms with Gasteiger partial charge in [-0.15, -0.1) is 0 Å². The van der Waals surface area contributed by atoms with Gasteiger partial charge in [0.1, 0.15) is 18.1 Å². The third-order valence-corrected chi connectivity index (χ3v) is 5.34. The van der Waals surface area contributed by atoms with Crippen molar-refractivity contribution in [3.8, 4) is 17.1 Å². The zero-order valence-corrected chi connectivity index (χ0v) is 16.3. The van der Waals surface area contributed by atoms with Gasteiger partial charge in [0.05, 0.1) is 18.8 Å². The molecule has 1 aromatic carbocycles. The fourth-order valence-electron chi connectivity index (χ4n) is 3.80. The summed E-state index contributed by atoms with van der Waals surface area (Å²) in [6, 6.07) is 10.9. The average Bonchev–Trinajstić information content (AvgIpc) is 2.75. The van der Waals surface area contributed by atoms with E-state index in [0.29, 0.717) is 31.5 Å². The van der Waals surface area contributed by atoms with Gasteiger partial charge in [-0.3, -0.25) is 9.69 Å². The number of morpholine rings is 1. The standard InChI is InChI=1S/C22H28N2O4/c25-18-16-21(28-22(17-18)24-11-13-26-14-12-24)19-6-2-3-7-20(19)27-15-10-23-8-4-1-5-9-23/h2-3,6-7,16-17H,1,4-5,8-15H2. The van der Waals surface area contributed by atoms with Crippen LogP contribution in [-0.2, 0) is 4.74 Å². The summed E-state index contributed by atoms with van der Waals surface area (Å²) in [5.41, 5.74) is 0.749. The fourth-order valence-corrected chi connectivity index (χ4v) is 3.80. The minimum absolute atomic E-state index is 0.0640. The third-order valence-electron chi connectivity index (χ3n) is 5.34. The molecule has 2 aromatic rings. The molecule has 2 fully saturated rings. The van der Waals surface area contributed by atoms with Crippen LogP contribution >= 0.6 is 0 Å². The van der Waals surface area contributed by atoms with E-state index in [0.717, 1.165) is 44.0 Å². The van der Waals surface area contributed by atoms with E-state index in [1.54, 1.807) is 6.07 Å². The van der Waals surface area contributed by atoms with Gasteiger partial charge in [0.2, 0.25) is 0 Å². The van der Waals surface area contributed by atoms with E-state index in [-0.39, 0.29) is 5.43 Å². The molecular formula is C22H28N2O4. The van der Waals surface area contributed by atoms with E-state index in [2.05, 4.69) is 4.90 Å². The smallest absolute Gasteiger partial charge is 0.200 e. The number of piperidine rings is 1. The summed E-state index contributed by atoms with van der Waals surface area (Å²) in [5, 5.41) is 0. The predicted octanol–water partition coefficient (Wildman–Crippen LogP) is 3.01. The summed E-state index contributed by atoms with van der Waals surface area (Å²) < 4.78 is 17.6. The SMILES string of the molecule is O=c1cc(-c2ccccc2OCCN2CCCCC2)oc(N2CCOCC2)c1. The molecule has 6 heteroatoms. The normalized spacial score (nSPS) is 18.2. The Labute approximate surface area is 165 Å². The molecule has 0 atom stereocenters. The van der Waals surface area contributed by atoms with Crippen molar-refractivity contribution in [3.05, 3.63) is 46.6 Å². The fraction of sp³-hybridized carbons (Fsp3) is 0.500. The Kier molecular flexibility index (Phi) is 6.29. The molecule has 2 aliphatic rings. The summed E-state index contributed by atoms with van der Waals surface area (Å²) in [7, 11) is 0. The Morgan fingerprint density at radius 1 is 0.964 bits per heavy atom. The van der Waals surface area contributed by atoms with Crippen LogP contribution in [0.1, 0.15) is 19.3 Å². The average molecular weight is 384 g/mol. The van der Waals surface area contributed by atoms with Crippen LogP contribution in [0.5, 0.6) is 5.75 Å². The molecule has 4 rings (SSSR count). The molecular weight excluding hydrogens is 356 g/mol. The predicted molar refractivity (Wildman–Crippen MR) is 109 cm³/mol. The quantitative estimate of drug-likeness (QED) is 0.763. The van der Waals surface area contributed by atoms with Crippen LogP contribution < -0.4 is 15.1 Å². The first kappa shape index (κ1) is 19.0. The lowest BCUT2D eigenvalue weighted by Gasteiger charge is -2.27. The van der Waals surface area contributed by atoms with Crippen molar-refractivity contribution >= 4 is 5.88 Å². The highest BCUT2D eigenvalue weighted by molar-refractivity contribution is 5.66. The summed E-state index contributed by atoms with van der Waals surface area (Å²) in [6.07, 6.45) is 3.88. The molecule has 0 unspecified atom stereocenters. The van der Waals surface area contributed by atoms with Crippen LogP contribution in [0, 0.1) is 0 Å². The van der Waals surface area contributed by atoms with Gasteiger partial charge in [0, 0.05) is 31.8 Å². The number of likely N-dealkylation sites (tertiary alicyclic amines) is 1. The molecule has 2 saturated heterocycles. The van der Waals surface area contributed by atoms with Gasteiger partial charge < -0.3 is 18.8 Å². The van der Waals surface area contributed by atoms with Gasteiger partial charge in [-0.2, -0.15) is 0 Å². The number of rotatable bonds is 6. The van der Waals surface area contributed by atoms with Crippen LogP contribution in [0.3, 0.4) is 0 Å². The van der Waals surface area contributed by atoms with E-state index in [4.69, 9.17) is 13.9 Å². The van der Waals surface area contributed by atoms with Gasteiger partial charge >= 0.3 is 0 Å². The first-order chi connectivity index (χ1) is 13.8. The van der Waals surface area contributed by atoms with Crippen molar-refractivity contribution in [1.29, 1.82) is 0 Å². The lowest BCUT2D eigenvalue weighted by Crippen LogP contribution is -2.36. The lowest BCUT2D eigenvalue weighted by molar-refractivity contribution is 0.120. The van der Waals surface area contributed by atoms with E-state index < -0.39 is 0 Å². The molecule has 0 radical (unpaired) electrons. The largest absolute Gasteiger partial charge is 0.491 e. The Balaban J connectivity index is 1.50. The Hall–Kier alpha value is -2.31. The highest BCUT2D eigenvalue weighted by atomic mass is 16.5. The monoisotopic (exact) mass is 384 g/mol. The Morgan fingerprint density at radius 2 is 1.75 bits per heavy atom. The third kappa shape index (κ3) is 4.75. The number of para-hydroxylation sites is 1. The number of ether oxygens (including phenoxy) is 2. The van der Waals surface area contributed by atoms with Crippen LogP contribution in [0.25, 0.3) is 11.3 Å². The second kappa shape index (κ2) is 9.26. The summed E-state index contributed by atoms with van der Waals surface area (Å²) >= 11 is 0. The minimum Gasteiger partial charge on any atom is -0.491 e. The molecule has 0 N–H and O–H groups in total. The highest BCUT2D eigenvalue weighted by Crippen LogP contribution is 2.31. The van der Waals surface area contributed by atoms with Gasteiger partial charge in [-0.05, 0) is 38.1 Å². The summed E-state index contributed by atoms with van der Waals surface area (Å²) in [4.78, 5) is 16.8. The number of benzene rings is 1. The van der Waals surface area contributed by atoms with Crippen molar-refractivity contribution in [1.82, 2.24) is 4.90 Å². The van der Waals surface area contributed by atoms with Gasteiger partial charge in [-0.1, -0.05) is 18.6 Å². The van der Waals surface area contributed by atoms with Crippen molar-refractivity contribution in [2.24, 2.45) is 0 Å². The molecule has 0 amide bonds. The second-order valence-corrected chi connectivity index (χ2v) is 7.34. The lowest BCUT2D eigenvalue weighted by atomic mass is 10.1. The molecule has 0 spiro atoms. The first-order valence-corrected chi connectivity index (χ1v) is 10.2. The van der Waals surface area contributed by atoms with Crippen molar-refractivity contribution in [2.75, 3.05) is 57.4 Å². The van der Waals surface area contributed by atoms with E-state index >= 15 is 0 Å². The number of hydrogen-bond acceptors (Lipinski definition) is 6. The summed E-state index contributed by atoms with van der Waals surface area (Å²) in [6.45, 7) is 6.59. The molecule has 0 aliphatic carbocycles. The van der Waals surface area contributed by atoms with Crippen LogP contribution in [0.2, 0.25) is 0 Å². The van der Waals surface area contributed by atoms with Crippen LogP contribution in [0.15, 0.2) is 45.6 Å². The maximum Gasteiger partial charge on any atom is 0.200 e. The number of hydrogen-bond donors (Lipinski definition) is 0. The molecule has 3 heterocycles. The highest BCUT2D eigenvalue weighted by Gasteiger charge is 2.17. The van der Waals surface area contributed by atoms with Gasteiger partial charge in [-0.25, -0.2) is 0 Å². The van der Waals surface area contributed by atoms with E-state index in [9.17, 15) is 4.79 Å². The molecule has 28 heavy (non-hydrogen) atoms. The number of nitrogens with zero attached hydrogens (tertiary/aromatic N) is 2.